The summed E-state index contributed by atoms with van der Waals surface area (Å²) in [5.74, 6) is -1.02. The number of hydrogen-bond donors (Lipinski definition) is 2. The molecule has 4 radical (unpaired) electrons. The Kier molecular flexibility index (Phi) is 7.48. The summed E-state index contributed by atoms with van der Waals surface area (Å²) >= 11 is 0. The maximum absolute atomic E-state index is 15.9. The highest BCUT2D eigenvalue weighted by molar-refractivity contribution is 7.79. The lowest BCUT2D eigenvalue weighted by atomic mass is 10.1. The average Bonchev–Trinajstić information content (AvgIpc) is 3.71. The van der Waals surface area contributed by atoms with E-state index in [1.54, 1.807) is 0 Å². The summed E-state index contributed by atoms with van der Waals surface area (Å²) in [6, 6.07) is 0. The first-order valence-corrected chi connectivity index (χ1v) is 16.2. The number of H-pyrrole nitrogens is 1. The molecular weight excluding hydrogens is 649 g/mol. The van der Waals surface area contributed by atoms with Crippen molar-refractivity contribution in [2.75, 3.05) is 18.9 Å². The molecule has 7 heterocycles. The van der Waals surface area contributed by atoms with Crippen molar-refractivity contribution in [3.05, 3.63) is 41.3 Å². The Morgan fingerprint density at radius 1 is 0.911 bits per heavy atom. The fourth-order valence-electron chi connectivity index (χ4n) is 5.41. The number of aromatic amines is 1. The van der Waals surface area contributed by atoms with Crippen molar-refractivity contribution in [3.8, 4) is 0 Å². The van der Waals surface area contributed by atoms with Gasteiger partial charge in [0.15, 0.2) is 47.7 Å². The van der Waals surface area contributed by atoms with Crippen molar-refractivity contribution < 1.29 is 49.9 Å². The Balaban J connectivity index is 1.17. The van der Waals surface area contributed by atoms with Gasteiger partial charge in [0.25, 0.3) is 20.5 Å². The van der Waals surface area contributed by atoms with E-state index in [1.807, 2.05) is 0 Å². The molecule has 0 amide bonds. The molecule has 0 spiro atoms. The van der Waals surface area contributed by atoms with Crippen LogP contribution in [0.1, 0.15) is 12.5 Å². The quantitative estimate of drug-likeness (QED) is 0.227. The van der Waals surface area contributed by atoms with Crippen molar-refractivity contribution in [1.82, 2.24) is 34.1 Å². The van der Waals surface area contributed by atoms with Crippen LogP contribution in [-0.4, -0.2) is 99.2 Å². The van der Waals surface area contributed by atoms with E-state index in [4.69, 9.17) is 48.4 Å². The third kappa shape index (κ3) is 5.32. The van der Waals surface area contributed by atoms with E-state index < -0.39 is 94.1 Å². The SMILES string of the molecule is [B][P@]1(=O)OC[C@H]2O[C@@H](n3cc(F)c4c(=O)[nH]cnc43)[C@@H](F)C2O[P@@]([B])(=O)OC[C@H]2O[C@@H](n3cnc4c(N)ncnc43)[C@@H](F)C2O1. The number of ether oxygens (including phenoxy) is 2. The predicted molar refractivity (Wildman–Crippen MR) is 146 cm³/mol. The van der Waals surface area contributed by atoms with E-state index in [0.717, 1.165) is 23.4 Å². The number of nitrogens with zero attached hydrogens (tertiary/aromatic N) is 6. The van der Waals surface area contributed by atoms with Crippen LogP contribution >= 0.6 is 14.9 Å². The highest BCUT2D eigenvalue weighted by atomic mass is 31.2. The third-order valence-electron chi connectivity index (χ3n) is 7.41. The number of anilines is 1. The van der Waals surface area contributed by atoms with Crippen LogP contribution in [0.25, 0.3) is 22.2 Å². The van der Waals surface area contributed by atoms with Crippen LogP contribution in [0, 0.1) is 5.82 Å². The van der Waals surface area contributed by atoms with Crippen molar-refractivity contribution in [3.63, 3.8) is 0 Å². The molecule has 2 unspecified atom stereocenters. The second-order valence-electron chi connectivity index (χ2n) is 10.2. The Morgan fingerprint density at radius 2 is 1.51 bits per heavy atom. The van der Waals surface area contributed by atoms with E-state index in [2.05, 4.69) is 24.9 Å². The summed E-state index contributed by atoms with van der Waals surface area (Å²) in [5, 5.41) is -0.478. The molecule has 17 nitrogen and oxygen atoms in total. The third-order valence-corrected chi connectivity index (χ3v) is 9.51. The number of nitrogens with one attached hydrogen (secondary N) is 1. The van der Waals surface area contributed by atoms with Gasteiger partial charge in [0.1, 0.15) is 41.6 Å². The molecule has 0 saturated carbocycles. The number of nitrogen functional groups attached to an aromatic ring is 1. The Morgan fingerprint density at radius 3 is 2.13 bits per heavy atom. The number of hydrogen-bond acceptors (Lipinski definition) is 14. The topological polar surface area (TPSA) is 210 Å². The number of rotatable bonds is 2. The molecule has 45 heavy (non-hydrogen) atoms. The molecular formula is C21H19B2F3N8O9P2. The van der Waals surface area contributed by atoms with E-state index in [-0.39, 0.29) is 22.6 Å². The molecule has 4 aromatic rings. The minimum absolute atomic E-state index is 0.0144. The molecule has 3 fully saturated rings. The number of fused-ring (bicyclic) bond motifs is 4. The lowest BCUT2D eigenvalue weighted by Gasteiger charge is -2.29. The lowest BCUT2D eigenvalue weighted by Crippen LogP contribution is -2.37. The van der Waals surface area contributed by atoms with Gasteiger partial charge in [0, 0.05) is 6.20 Å². The molecule has 0 bridgehead atoms. The molecule has 24 heteroatoms. The van der Waals surface area contributed by atoms with Crippen LogP contribution in [0.4, 0.5) is 19.0 Å². The van der Waals surface area contributed by atoms with Crippen LogP contribution in [0.15, 0.2) is 30.0 Å². The van der Waals surface area contributed by atoms with E-state index in [0.29, 0.717) is 0 Å². The van der Waals surface area contributed by atoms with E-state index in [9.17, 15) is 18.3 Å². The van der Waals surface area contributed by atoms with Crippen LogP contribution in [0.2, 0.25) is 0 Å². The van der Waals surface area contributed by atoms with E-state index in [1.165, 1.54) is 10.9 Å². The summed E-state index contributed by atoms with van der Waals surface area (Å²) in [7, 11) is 2.20. The van der Waals surface area contributed by atoms with Gasteiger partial charge in [0.2, 0.25) is 15.1 Å². The maximum atomic E-state index is 15.9. The molecule has 3 aliphatic rings. The monoisotopic (exact) mass is 668 g/mol. The van der Waals surface area contributed by atoms with Gasteiger partial charge in [-0.2, -0.15) is 0 Å². The number of halogens is 3. The fraction of sp³-hybridized carbons (Fsp3) is 0.476. The van der Waals surface area contributed by atoms with Gasteiger partial charge in [0.05, 0.1) is 25.9 Å². The smallest absolute Gasteiger partial charge is 0.264 e. The molecule has 3 aliphatic heterocycles. The van der Waals surface area contributed by atoms with Crippen LogP contribution in [0.5, 0.6) is 0 Å². The minimum Gasteiger partial charge on any atom is -0.382 e. The molecule has 10 atom stereocenters. The van der Waals surface area contributed by atoms with Gasteiger partial charge in [-0.25, -0.2) is 33.1 Å². The first-order chi connectivity index (χ1) is 21.3. The average molecular weight is 668 g/mol. The van der Waals surface area contributed by atoms with Crippen molar-refractivity contribution in [1.29, 1.82) is 0 Å². The van der Waals surface area contributed by atoms with E-state index >= 15 is 8.78 Å². The van der Waals surface area contributed by atoms with Gasteiger partial charge in [-0.1, -0.05) is 0 Å². The second kappa shape index (κ2) is 11.0. The zero-order chi connectivity index (χ0) is 31.8. The zero-order valence-corrected chi connectivity index (χ0v) is 24.2. The first-order valence-electron chi connectivity index (χ1n) is 13.0. The van der Waals surface area contributed by atoms with Crippen molar-refractivity contribution in [2.45, 2.75) is 49.2 Å². The van der Waals surface area contributed by atoms with Gasteiger partial charge in [-0.3, -0.25) is 23.1 Å². The number of imidazole rings is 1. The van der Waals surface area contributed by atoms with Crippen LogP contribution < -0.4 is 11.3 Å². The maximum Gasteiger partial charge on any atom is 0.264 e. The molecule has 3 N–H and O–H groups in total. The summed E-state index contributed by atoms with van der Waals surface area (Å²) in [5.41, 5.74) is 4.93. The number of alkyl halides is 2. The molecule has 0 aliphatic carbocycles. The predicted octanol–water partition coefficient (Wildman–Crippen LogP) is 1.13. The Hall–Kier alpha value is -3.09. The molecule has 3 saturated heterocycles. The van der Waals surface area contributed by atoms with Crippen LogP contribution in [0.3, 0.4) is 0 Å². The summed E-state index contributed by atoms with van der Waals surface area (Å²) < 4.78 is 107. The van der Waals surface area contributed by atoms with Crippen molar-refractivity contribution >= 4 is 58.1 Å². The molecule has 234 valence electrons. The largest absolute Gasteiger partial charge is 0.382 e. The molecule has 4 aromatic heterocycles. The van der Waals surface area contributed by atoms with Gasteiger partial charge in [-0.05, 0) is 0 Å². The second-order valence-corrected chi connectivity index (χ2v) is 13.3. The summed E-state index contributed by atoms with van der Waals surface area (Å²) in [4.78, 5) is 30.1. The lowest BCUT2D eigenvalue weighted by molar-refractivity contribution is -0.0548. The Bertz CT molecular complexity index is 1950. The molecule has 7 rings (SSSR count). The number of aromatic nitrogens is 7. The zero-order valence-electron chi connectivity index (χ0n) is 22.5. The highest BCUT2D eigenvalue weighted by Crippen LogP contribution is 2.54. The molecule has 0 aromatic carbocycles. The first kappa shape index (κ1) is 30.6. The standard InChI is InChI=1S/C21H19B2F3N8O9P2/c22-44(36)39-3-9-15(12(26)21(41-9)34-6-32-13-16(27)28-4-30-18(13)34)43-45(23,37)38-2-8-14(42-44)11(25)20(40-8)33-1-7(24)10-17(33)29-5-31-19(10)35/h1,4-6,8-9,11-12,14-15,20-21H,2-3H2,(H2,27,28,30)(H,29,31,35)/t8-,9-,11+,12+,14?,15?,20-,21-,44+,45+/m1/s1. The summed E-state index contributed by atoms with van der Waals surface area (Å²) in [6.07, 6.45) is -10.2. The van der Waals surface area contributed by atoms with Gasteiger partial charge >= 0.3 is 0 Å². The summed E-state index contributed by atoms with van der Waals surface area (Å²) in [6.45, 7) is -1.61. The fourth-order valence-corrected chi connectivity index (χ4v) is 7.42. The number of nitrogens with two attached hydrogens (primary N) is 1. The van der Waals surface area contributed by atoms with Gasteiger partial charge < -0.3 is 38.3 Å². The Labute approximate surface area is 251 Å². The highest BCUT2D eigenvalue weighted by Gasteiger charge is 2.53. The van der Waals surface area contributed by atoms with Crippen molar-refractivity contribution in [2.24, 2.45) is 0 Å². The minimum atomic E-state index is -4.69. The van der Waals surface area contributed by atoms with Gasteiger partial charge in [-0.15, -0.1) is 0 Å². The normalized spacial score (nSPS) is 37.7. The van der Waals surface area contributed by atoms with Crippen LogP contribution in [-0.2, 0) is 36.7 Å².